The normalized spacial score (nSPS) is 12.5. The molecule has 1 aromatic rings. The average molecular weight is 377 g/mol. The van der Waals surface area contributed by atoms with Crippen LogP contribution >= 0.6 is 7.92 Å². The fourth-order valence-electron chi connectivity index (χ4n) is 3.88. The summed E-state index contributed by atoms with van der Waals surface area (Å²) in [5.41, 5.74) is 5.21. The number of aryl methyl sites for hydroxylation is 1. The second kappa shape index (κ2) is 14.7. The van der Waals surface area contributed by atoms with Crippen LogP contribution in [0.25, 0.3) is 0 Å². The largest absolute Gasteiger partial charge is 0.0782 e. The number of rotatable bonds is 15. The lowest BCUT2D eigenvalue weighted by Gasteiger charge is -2.23. The van der Waals surface area contributed by atoms with Gasteiger partial charge in [0.15, 0.2) is 0 Å². The summed E-state index contributed by atoms with van der Waals surface area (Å²) in [4.78, 5) is 0. The maximum Gasteiger partial charge on any atom is -0.0208 e. The van der Waals surface area contributed by atoms with Gasteiger partial charge in [0.25, 0.3) is 0 Å². The van der Waals surface area contributed by atoms with E-state index < -0.39 is 0 Å². The van der Waals surface area contributed by atoms with Crippen molar-refractivity contribution in [1.29, 1.82) is 0 Å². The van der Waals surface area contributed by atoms with Crippen molar-refractivity contribution in [3.05, 3.63) is 28.8 Å². The predicted molar refractivity (Wildman–Crippen MR) is 124 cm³/mol. The van der Waals surface area contributed by atoms with Crippen LogP contribution in [0.5, 0.6) is 0 Å². The van der Waals surface area contributed by atoms with Gasteiger partial charge in [-0.2, -0.15) is 0 Å². The quantitative estimate of drug-likeness (QED) is 0.215. The molecule has 0 heterocycles. The van der Waals surface area contributed by atoms with E-state index in [1.807, 2.05) is 0 Å². The van der Waals surface area contributed by atoms with Crippen molar-refractivity contribution in [1.82, 2.24) is 0 Å². The van der Waals surface area contributed by atoms with Gasteiger partial charge in [-0.05, 0) is 79.8 Å². The van der Waals surface area contributed by atoms with Gasteiger partial charge in [0, 0.05) is 0 Å². The van der Waals surface area contributed by atoms with Crippen molar-refractivity contribution >= 4 is 13.2 Å². The van der Waals surface area contributed by atoms with Crippen molar-refractivity contribution in [2.45, 2.75) is 111 Å². The Hall–Kier alpha value is -0.350. The summed E-state index contributed by atoms with van der Waals surface area (Å²) in [6.07, 6.45) is 18.9. The second-order valence-electron chi connectivity index (χ2n) is 7.99. The molecule has 0 bridgehead atoms. The van der Waals surface area contributed by atoms with Crippen molar-refractivity contribution in [2.24, 2.45) is 0 Å². The fourth-order valence-corrected chi connectivity index (χ4v) is 5.86. The van der Waals surface area contributed by atoms with E-state index in [2.05, 4.69) is 46.5 Å². The molecule has 0 saturated heterocycles. The molecule has 0 radical (unpaired) electrons. The van der Waals surface area contributed by atoms with Crippen LogP contribution in [0.1, 0.15) is 109 Å². The lowest BCUT2D eigenvalue weighted by molar-refractivity contribution is 0.705. The molecule has 1 heteroatoms. The summed E-state index contributed by atoms with van der Waals surface area (Å²) >= 11 is 0. The molecule has 1 unspecified atom stereocenters. The highest BCUT2D eigenvalue weighted by Gasteiger charge is 2.16. The van der Waals surface area contributed by atoms with Crippen molar-refractivity contribution in [2.75, 3.05) is 12.8 Å². The Morgan fingerprint density at radius 2 is 1.19 bits per heavy atom. The van der Waals surface area contributed by atoms with Gasteiger partial charge in [-0.1, -0.05) is 86.3 Å². The molecular formula is C25H45P. The molecule has 0 amide bonds. The van der Waals surface area contributed by atoms with Crippen LogP contribution in [-0.2, 0) is 19.3 Å². The van der Waals surface area contributed by atoms with Gasteiger partial charge >= 0.3 is 0 Å². The summed E-state index contributed by atoms with van der Waals surface area (Å²) in [6, 6.07) is 5.05. The molecule has 150 valence electrons. The molecule has 1 atom stereocenters. The smallest absolute Gasteiger partial charge is 0.0208 e. The van der Waals surface area contributed by atoms with E-state index in [0.717, 1.165) is 0 Å². The Labute approximate surface area is 166 Å². The minimum absolute atomic E-state index is 0.0139. The summed E-state index contributed by atoms with van der Waals surface area (Å²) in [5, 5.41) is 1.75. The zero-order valence-electron chi connectivity index (χ0n) is 18.5. The first-order valence-corrected chi connectivity index (χ1v) is 13.5. The molecule has 0 aromatic heterocycles. The van der Waals surface area contributed by atoms with E-state index in [9.17, 15) is 0 Å². The lowest BCUT2D eigenvalue weighted by Crippen LogP contribution is -2.16. The number of hydrogen-bond acceptors (Lipinski definition) is 0. The van der Waals surface area contributed by atoms with Crippen LogP contribution in [0.3, 0.4) is 0 Å². The molecule has 0 spiro atoms. The van der Waals surface area contributed by atoms with Gasteiger partial charge in [-0.25, -0.2) is 0 Å². The van der Waals surface area contributed by atoms with Gasteiger partial charge in [0.2, 0.25) is 0 Å². The highest BCUT2D eigenvalue weighted by molar-refractivity contribution is 7.65. The average Bonchev–Trinajstić information content (AvgIpc) is 2.66. The highest BCUT2D eigenvalue weighted by atomic mass is 31.1. The van der Waals surface area contributed by atoms with Crippen LogP contribution < -0.4 is 5.30 Å². The third-order valence-electron chi connectivity index (χ3n) is 5.62. The van der Waals surface area contributed by atoms with Crippen molar-refractivity contribution in [3.63, 3.8) is 0 Å². The van der Waals surface area contributed by atoms with E-state index in [-0.39, 0.29) is 7.92 Å². The molecule has 0 nitrogen and oxygen atoms in total. The first-order valence-electron chi connectivity index (χ1n) is 11.5. The molecular weight excluding hydrogens is 331 g/mol. The van der Waals surface area contributed by atoms with Gasteiger partial charge < -0.3 is 0 Å². The number of unbranched alkanes of at least 4 members (excludes halogenated alkanes) is 6. The topological polar surface area (TPSA) is 0 Å². The summed E-state index contributed by atoms with van der Waals surface area (Å²) < 4.78 is 0. The van der Waals surface area contributed by atoms with Crippen LogP contribution in [-0.4, -0.2) is 12.8 Å². The summed E-state index contributed by atoms with van der Waals surface area (Å²) in [7, 11) is 0.0139. The predicted octanol–water partition coefficient (Wildman–Crippen LogP) is 8.03. The first kappa shape index (κ1) is 23.7. The van der Waals surface area contributed by atoms with E-state index in [0.29, 0.717) is 0 Å². The second-order valence-corrected chi connectivity index (χ2v) is 10.3. The van der Waals surface area contributed by atoms with Gasteiger partial charge in [-0.15, -0.1) is 0 Å². The SMILES string of the molecule is CCCCCCP(C)c1ccc(CCCC)c(CCCC)c1CCCC. The summed E-state index contributed by atoms with van der Waals surface area (Å²) in [6.45, 7) is 11.8. The fraction of sp³-hybridized carbons (Fsp3) is 0.760. The minimum Gasteiger partial charge on any atom is -0.0782 e. The lowest BCUT2D eigenvalue weighted by atomic mass is 9.91. The Morgan fingerprint density at radius 1 is 0.615 bits per heavy atom. The Morgan fingerprint density at radius 3 is 1.81 bits per heavy atom. The molecule has 0 fully saturated rings. The third-order valence-corrected chi connectivity index (χ3v) is 7.85. The standard InChI is InChI=1S/C25H45P/c1-6-10-14-15-21-26(5)25-20-19-22(16-11-7-2)23(17-12-8-3)24(25)18-13-9-4/h19-20H,6-18,21H2,1-5H3. The van der Waals surface area contributed by atoms with Crippen LogP contribution in [0, 0.1) is 0 Å². The van der Waals surface area contributed by atoms with Gasteiger partial charge in [0.05, 0.1) is 0 Å². The monoisotopic (exact) mass is 376 g/mol. The molecule has 26 heavy (non-hydrogen) atoms. The maximum absolute atomic E-state index is 2.54. The van der Waals surface area contributed by atoms with E-state index in [1.165, 1.54) is 89.6 Å². The van der Waals surface area contributed by atoms with Gasteiger partial charge in [-0.3, -0.25) is 0 Å². The molecule has 0 aliphatic carbocycles. The molecule has 1 rings (SSSR count). The van der Waals surface area contributed by atoms with E-state index in [1.54, 1.807) is 22.0 Å². The Kier molecular flexibility index (Phi) is 13.4. The number of benzene rings is 1. The van der Waals surface area contributed by atoms with E-state index in [4.69, 9.17) is 0 Å². The molecule has 0 saturated carbocycles. The van der Waals surface area contributed by atoms with Crippen LogP contribution in [0.2, 0.25) is 0 Å². The maximum atomic E-state index is 2.54. The first-order chi connectivity index (χ1) is 12.7. The minimum atomic E-state index is 0.0139. The molecule has 1 aromatic carbocycles. The van der Waals surface area contributed by atoms with E-state index >= 15 is 0 Å². The zero-order chi connectivity index (χ0) is 19.2. The zero-order valence-corrected chi connectivity index (χ0v) is 19.4. The third kappa shape index (κ3) is 8.12. The summed E-state index contributed by atoms with van der Waals surface area (Å²) in [5.74, 6) is 0. The molecule has 0 aliphatic rings. The van der Waals surface area contributed by atoms with Crippen LogP contribution in [0.15, 0.2) is 12.1 Å². The molecule has 0 N–H and O–H groups in total. The van der Waals surface area contributed by atoms with Crippen molar-refractivity contribution in [3.8, 4) is 0 Å². The van der Waals surface area contributed by atoms with Gasteiger partial charge in [0.1, 0.15) is 0 Å². The van der Waals surface area contributed by atoms with Crippen molar-refractivity contribution < 1.29 is 0 Å². The number of hydrogen-bond donors (Lipinski definition) is 0. The Balaban J connectivity index is 3.08. The van der Waals surface area contributed by atoms with Crippen LogP contribution in [0.4, 0.5) is 0 Å². The Bertz CT molecular complexity index is 477. The highest BCUT2D eigenvalue weighted by Crippen LogP contribution is 2.35. The molecule has 0 aliphatic heterocycles.